The van der Waals surface area contributed by atoms with E-state index in [2.05, 4.69) is 0 Å². The molecule has 2 rings (SSSR count). The lowest BCUT2D eigenvalue weighted by atomic mass is 10.4. The second-order valence-corrected chi connectivity index (χ2v) is 7.90. The molecule has 4 heteroatoms. The third-order valence-electron chi connectivity index (χ3n) is 2.88. The monoisotopic (exact) mass is 220 g/mol. The molecule has 0 amide bonds. The SMILES string of the molecule is O=S1(=O)CCC(SC2CCCC2)C1. The molecule has 2 nitrogen and oxygen atoms in total. The number of hydrogen-bond donors (Lipinski definition) is 0. The Balaban J connectivity index is 1.83. The highest BCUT2D eigenvalue weighted by Gasteiger charge is 2.30. The lowest BCUT2D eigenvalue weighted by Gasteiger charge is -2.12. The Morgan fingerprint density at radius 1 is 1.00 bits per heavy atom. The van der Waals surface area contributed by atoms with Gasteiger partial charge < -0.3 is 0 Å². The van der Waals surface area contributed by atoms with Crippen molar-refractivity contribution in [1.29, 1.82) is 0 Å². The van der Waals surface area contributed by atoms with Crippen LogP contribution in [0.2, 0.25) is 0 Å². The molecule has 76 valence electrons. The largest absolute Gasteiger partial charge is 0.229 e. The van der Waals surface area contributed by atoms with E-state index in [1.807, 2.05) is 11.8 Å². The fraction of sp³-hybridized carbons (Fsp3) is 1.00. The van der Waals surface area contributed by atoms with E-state index < -0.39 is 9.84 Å². The van der Waals surface area contributed by atoms with Gasteiger partial charge in [0.05, 0.1) is 11.5 Å². The Bertz CT molecular complexity index is 265. The van der Waals surface area contributed by atoms with Gasteiger partial charge in [-0.1, -0.05) is 12.8 Å². The summed E-state index contributed by atoms with van der Waals surface area (Å²) in [4.78, 5) is 0. The molecule has 2 fully saturated rings. The molecular weight excluding hydrogens is 204 g/mol. The molecular formula is C9H16O2S2. The summed E-state index contributed by atoms with van der Waals surface area (Å²) in [7, 11) is -2.66. The zero-order chi connectivity index (χ0) is 9.31. The molecule has 0 N–H and O–H groups in total. The van der Waals surface area contributed by atoms with Crippen LogP contribution in [0.5, 0.6) is 0 Å². The van der Waals surface area contributed by atoms with Gasteiger partial charge in [-0.3, -0.25) is 0 Å². The van der Waals surface area contributed by atoms with Gasteiger partial charge >= 0.3 is 0 Å². The molecule has 0 aromatic carbocycles. The van der Waals surface area contributed by atoms with Crippen LogP contribution < -0.4 is 0 Å². The molecule has 0 spiro atoms. The fourth-order valence-electron chi connectivity index (χ4n) is 2.16. The summed E-state index contributed by atoms with van der Waals surface area (Å²) >= 11 is 1.94. The van der Waals surface area contributed by atoms with Gasteiger partial charge in [0.1, 0.15) is 0 Å². The zero-order valence-corrected chi connectivity index (χ0v) is 9.37. The molecule has 1 aliphatic heterocycles. The highest BCUT2D eigenvalue weighted by Crippen LogP contribution is 2.35. The van der Waals surface area contributed by atoms with Crippen molar-refractivity contribution in [2.24, 2.45) is 0 Å². The first kappa shape index (κ1) is 9.84. The lowest BCUT2D eigenvalue weighted by Crippen LogP contribution is -2.10. The smallest absolute Gasteiger partial charge is 0.151 e. The summed E-state index contributed by atoms with van der Waals surface area (Å²) in [5.74, 6) is 0.867. The summed E-state index contributed by atoms with van der Waals surface area (Å²) < 4.78 is 22.4. The van der Waals surface area contributed by atoms with Gasteiger partial charge in [0.15, 0.2) is 9.84 Å². The van der Waals surface area contributed by atoms with E-state index in [0.717, 1.165) is 11.7 Å². The van der Waals surface area contributed by atoms with E-state index in [0.29, 0.717) is 16.8 Å². The molecule has 0 aromatic rings. The summed E-state index contributed by atoms with van der Waals surface area (Å²) in [6.07, 6.45) is 6.19. The Kier molecular flexibility index (Phi) is 2.88. The molecule has 13 heavy (non-hydrogen) atoms. The van der Waals surface area contributed by atoms with Gasteiger partial charge in [-0.2, -0.15) is 11.8 Å². The topological polar surface area (TPSA) is 34.1 Å². The van der Waals surface area contributed by atoms with Gasteiger partial charge in [-0.25, -0.2) is 8.42 Å². The van der Waals surface area contributed by atoms with Gasteiger partial charge in [-0.15, -0.1) is 0 Å². The van der Waals surface area contributed by atoms with Crippen molar-refractivity contribution in [3.05, 3.63) is 0 Å². The molecule has 0 radical (unpaired) electrons. The average molecular weight is 220 g/mol. The normalized spacial score (nSPS) is 34.0. The predicted octanol–water partition coefficient (Wildman–Crippen LogP) is 1.85. The highest BCUT2D eigenvalue weighted by molar-refractivity contribution is 8.02. The van der Waals surface area contributed by atoms with E-state index >= 15 is 0 Å². The minimum atomic E-state index is -2.66. The van der Waals surface area contributed by atoms with E-state index in [9.17, 15) is 8.42 Å². The maximum atomic E-state index is 11.2. The number of sulfone groups is 1. The van der Waals surface area contributed by atoms with Crippen molar-refractivity contribution in [3.63, 3.8) is 0 Å². The summed E-state index contributed by atoms with van der Waals surface area (Å²) in [6, 6.07) is 0. The van der Waals surface area contributed by atoms with Crippen LogP contribution in [0.4, 0.5) is 0 Å². The van der Waals surface area contributed by atoms with Crippen LogP contribution in [-0.2, 0) is 9.84 Å². The van der Waals surface area contributed by atoms with Crippen molar-refractivity contribution in [2.45, 2.75) is 42.6 Å². The van der Waals surface area contributed by atoms with Crippen LogP contribution >= 0.6 is 11.8 Å². The van der Waals surface area contributed by atoms with E-state index in [1.54, 1.807) is 0 Å². The Hall–Kier alpha value is 0.300. The molecule has 1 unspecified atom stereocenters. The lowest BCUT2D eigenvalue weighted by molar-refractivity contribution is 0.602. The van der Waals surface area contributed by atoms with Crippen LogP contribution in [0, 0.1) is 0 Å². The highest BCUT2D eigenvalue weighted by atomic mass is 32.2. The van der Waals surface area contributed by atoms with E-state index in [4.69, 9.17) is 0 Å². The van der Waals surface area contributed by atoms with Crippen LogP contribution in [0.1, 0.15) is 32.1 Å². The summed E-state index contributed by atoms with van der Waals surface area (Å²) in [6.45, 7) is 0. The van der Waals surface area contributed by atoms with Crippen molar-refractivity contribution >= 4 is 21.6 Å². The van der Waals surface area contributed by atoms with Crippen LogP contribution in [0.3, 0.4) is 0 Å². The zero-order valence-electron chi connectivity index (χ0n) is 7.74. The third kappa shape index (κ3) is 2.62. The molecule has 1 saturated carbocycles. The number of rotatable bonds is 2. The maximum absolute atomic E-state index is 11.2. The molecule has 1 atom stereocenters. The summed E-state index contributed by atoms with van der Waals surface area (Å²) in [5, 5.41) is 1.17. The first-order valence-corrected chi connectivity index (χ1v) is 7.78. The van der Waals surface area contributed by atoms with Crippen molar-refractivity contribution < 1.29 is 8.42 Å². The van der Waals surface area contributed by atoms with E-state index in [-0.39, 0.29) is 0 Å². The van der Waals surface area contributed by atoms with Gasteiger partial charge in [0.25, 0.3) is 0 Å². The predicted molar refractivity (Wildman–Crippen MR) is 56.9 cm³/mol. The molecule has 1 aliphatic carbocycles. The van der Waals surface area contributed by atoms with Crippen LogP contribution in [0.15, 0.2) is 0 Å². The standard InChI is InChI=1S/C9H16O2S2/c10-13(11)6-5-9(7-13)12-8-3-1-2-4-8/h8-9H,1-7H2. The summed E-state index contributed by atoms with van der Waals surface area (Å²) in [5.41, 5.74) is 0. The Morgan fingerprint density at radius 3 is 2.23 bits per heavy atom. The average Bonchev–Trinajstić information content (AvgIpc) is 2.61. The van der Waals surface area contributed by atoms with Gasteiger partial charge in [0.2, 0.25) is 0 Å². The molecule has 1 heterocycles. The first-order chi connectivity index (χ1) is 6.16. The number of thioether (sulfide) groups is 1. The molecule has 0 aromatic heterocycles. The molecule has 0 bridgehead atoms. The van der Waals surface area contributed by atoms with E-state index in [1.165, 1.54) is 25.7 Å². The Morgan fingerprint density at radius 2 is 1.69 bits per heavy atom. The fourth-order valence-corrected chi connectivity index (χ4v) is 6.20. The molecule has 1 saturated heterocycles. The maximum Gasteiger partial charge on any atom is 0.151 e. The minimum absolute atomic E-state index is 0.410. The van der Waals surface area contributed by atoms with Gasteiger partial charge in [-0.05, 0) is 19.3 Å². The quantitative estimate of drug-likeness (QED) is 0.712. The third-order valence-corrected chi connectivity index (χ3v) is 6.50. The Labute approximate surface area is 84.4 Å². The minimum Gasteiger partial charge on any atom is -0.229 e. The number of hydrogen-bond acceptors (Lipinski definition) is 3. The second-order valence-electron chi connectivity index (χ2n) is 4.07. The van der Waals surface area contributed by atoms with Crippen molar-refractivity contribution in [3.8, 4) is 0 Å². The second kappa shape index (κ2) is 3.81. The first-order valence-electron chi connectivity index (χ1n) is 5.02. The molecule has 2 aliphatic rings. The van der Waals surface area contributed by atoms with Gasteiger partial charge in [0, 0.05) is 10.5 Å². The van der Waals surface area contributed by atoms with Crippen LogP contribution in [0.25, 0.3) is 0 Å². The van der Waals surface area contributed by atoms with Crippen LogP contribution in [-0.4, -0.2) is 30.4 Å². The van der Waals surface area contributed by atoms with Crippen molar-refractivity contribution in [2.75, 3.05) is 11.5 Å². The van der Waals surface area contributed by atoms with Crippen molar-refractivity contribution in [1.82, 2.24) is 0 Å².